The molecule has 0 atom stereocenters. The lowest BCUT2D eigenvalue weighted by Crippen LogP contribution is -2.26. The first-order chi connectivity index (χ1) is 6.67. The smallest absolute Gasteiger partial charge is 0.156 e. The number of unbranched alkanes of at least 4 members (excludes halogenated alkanes) is 2. The van der Waals surface area contributed by atoms with Gasteiger partial charge in [0.05, 0.1) is 10.7 Å². The van der Waals surface area contributed by atoms with E-state index in [1.165, 1.54) is 0 Å². The Morgan fingerprint density at radius 2 is 1.86 bits per heavy atom. The number of rotatable bonds is 7. The number of carbonyl (C=O) groups is 2. The second-order valence-electron chi connectivity index (χ2n) is 4.02. The van der Waals surface area contributed by atoms with Crippen LogP contribution in [-0.4, -0.2) is 16.9 Å². The van der Waals surface area contributed by atoms with Crippen molar-refractivity contribution >= 4 is 27.5 Å². The molecule has 1 rings (SSSR count). The molecule has 0 aromatic carbocycles. The summed E-state index contributed by atoms with van der Waals surface area (Å²) >= 11 is 3.14. The summed E-state index contributed by atoms with van der Waals surface area (Å²) in [4.78, 5) is 23.3. The van der Waals surface area contributed by atoms with E-state index in [1.807, 2.05) is 0 Å². The predicted octanol–water partition coefficient (Wildman–Crippen LogP) is 2.88. The van der Waals surface area contributed by atoms with Gasteiger partial charge in [-0.15, -0.1) is 0 Å². The van der Waals surface area contributed by atoms with Gasteiger partial charge in [0.2, 0.25) is 0 Å². The molecule has 0 aliphatic heterocycles. The Balaban J connectivity index is 2.40. The van der Waals surface area contributed by atoms with E-state index in [0.29, 0.717) is 11.8 Å². The van der Waals surface area contributed by atoms with Gasteiger partial charge in [-0.2, -0.15) is 0 Å². The Kier molecular flexibility index (Phi) is 4.30. The zero-order valence-electron chi connectivity index (χ0n) is 8.64. The molecule has 0 spiro atoms. The number of halogens is 1. The topological polar surface area (TPSA) is 34.1 Å². The van der Waals surface area contributed by atoms with E-state index in [4.69, 9.17) is 0 Å². The molecular formula is C11H17BrO2. The summed E-state index contributed by atoms with van der Waals surface area (Å²) in [5, 5.41) is 0.326. The molecule has 0 N–H and O–H groups in total. The monoisotopic (exact) mass is 260 g/mol. The normalized spacial score (nSPS) is 17.9. The van der Waals surface area contributed by atoms with E-state index in [-0.39, 0.29) is 11.6 Å². The fourth-order valence-electron chi connectivity index (χ4n) is 1.74. The number of carbonyl (C=O) groups excluding carboxylic acids is 2. The number of ketones is 2. The van der Waals surface area contributed by atoms with E-state index in [9.17, 15) is 9.59 Å². The van der Waals surface area contributed by atoms with Gasteiger partial charge in [-0.3, -0.25) is 9.59 Å². The first-order valence-corrected chi connectivity index (χ1v) is 6.42. The Morgan fingerprint density at radius 3 is 2.29 bits per heavy atom. The fraction of sp³-hybridized carbons (Fsp3) is 0.818. The maximum atomic E-state index is 11.8. The largest absolute Gasteiger partial charge is 0.299 e. The lowest BCUT2D eigenvalue weighted by Gasteiger charge is -2.10. The Labute approximate surface area is 93.6 Å². The molecule has 1 aliphatic rings. The van der Waals surface area contributed by atoms with Crippen LogP contribution in [0.5, 0.6) is 0 Å². The highest BCUT2D eigenvalue weighted by Gasteiger charge is 2.54. The van der Waals surface area contributed by atoms with Crippen LogP contribution in [0.15, 0.2) is 0 Å². The van der Waals surface area contributed by atoms with E-state index in [2.05, 4.69) is 22.9 Å². The van der Waals surface area contributed by atoms with Crippen LogP contribution in [0, 0.1) is 5.41 Å². The molecule has 0 bridgehead atoms. The molecule has 1 saturated carbocycles. The maximum absolute atomic E-state index is 11.8. The average molecular weight is 261 g/mol. The van der Waals surface area contributed by atoms with Crippen LogP contribution >= 0.6 is 15.9 Å². The summed E-state index contributed by atoms with van der Waals surface area (Å²) in [7, 11) is 0. The van der Waals surface area contributed by atoms with Gasteiger partial charge in [0.25, 0.3) is 0 Å². The molecule has 0 unspecified atom stereocenters. The van der Waals surface area contributed by atoms with Crippen LogP contribution in [0.25, 0.3) is 0 Å². The predicted molar refractivity (Wildman–Crippen MR) is 59.6 cm³/mol. The highest BCUT2D eigenvalue weighted by atomic mass is 79.9. The molecule has 0 radical (unpaired) electrons. The highest BCUT2D eigenvalue weighted by Crippen LogP contribution is 2.48. The van der Waals surface area contributed by atoms with Gasteiger partial charge in [-0.1, -0.05) is 35.7 Å². The minimum absolute atomic E-state index is 0.0824. The van der Waals surface area contributed by atoms with E-state index in [0.717, 1.165) is 32.1 Å². The standard InChI is InChI=1S/C11H17BrO2/c1-2-3-4-5-9(13)11(6-7-11)10(14)8-12/h2-8H2,1H3. The summed E-state index contributed by atoms with van der Waals surface area (Å²) in [6.45, 7) is 2.11. The first-order valence-electron chi connectivity index (χ1n) is 5.30. The Hall–Kier alpha value is -0.180. The molecule has 0 heterocycles. The Bertz CT molecular complexity index is 231. The van der Waals surface area contributed by atoms with Crippen LogP contribution in [0.2, 0.25) is 0 Å². The molecule has 14 heavy (non-hydrogen) atoms. The molecule has 0 aromatic heterocycles. The fourth-order valence-corrected chi connectivity index (χ4v) is 2.28. The van der Waals surface area contributed by atoms with Gasteiger partial charge < -0.3 is 0 Å². The molecule has 2 nitrogen and oxygen atoms in total. The van der Waals surface area contributed by atoms with Crippen molar-refractivity contribution < 1.29 is 9.59 Å². The van der Waals surface area contributed by atoms with Crippen LogP contribution in [0.3, 0.4) is 0 Å². The van der Waals surface area contributed by atoms with Crippen molar-refractivity contribution in [3.63, 3.8) is 0 Å². The van der Waals surface area contributed by atoms with E-state index in [1.54, 1.807) is 0 Å². The molecule has 80 valence electrons. The minimum atomic E-state index is -0.558. The Morgan fingerprint density at radius 1 is 1.21 bits per heavy atom. The van der Waals surface area contributed by atoms with Crippen molar-refractivity contribution in [3.05, 3.63) is 0 Å². The van der Waals surface area contributed by atoms with E-state index < -0.39 is 5.41 Å². The third kappa shape index (κ3) is 2.44. The number of hydrogen-bond donors (Lipinski definition) is 0. The van der Waals surface area contributed by atoms with Crippen molar-refractivity contribution in [2.45, 2.75) is 45.4 Å². The second-order valence-corrected chi connectivity index (χ2v) is 4.58. The van der Waals surface area contributed by atoms with Crippen molar-refractivity contribution in [1.82, 2.24) is 0 Å². The molecule has 0 aromatic rings. The maximum Gasteiger partial charge on any atom is 0.156 e. The number of Topliss-reactive ketones (excluding diaryl/α,β-unsaturated/α-hetero) is 2. The third-order valence-corrected chi connectivity index (χ3v) is 3.46. The van der Waals surface area contributed by atoms with E-state index >= 15 is 0 Å². The lowest BCUT2D eigenvalue weighted by atomic mass is 9.92. The molecular weight excluding hydrogens is 244 g/mol. The quantitative estimate of drug-likeness (QED) is 0.401. The van der Waals surface area contributed by atoms with Gasteiger partial charge >= 0.3 is 0 Å². The molecule has 0 saturated heterocycles. The number of hydrogen-bond acceptors (Lipinski definition) is 2. The molecule has 1 aliphatic carbocycles. The summed E-state index contributed by atoms with van der Waals surface area (Å²) in [6.07, 6.45) is 5.29. The average Bonchev–Trinajstić information content (AvgIpc) is 2.98. The summed E-state index contributed by atoms with van der Waals surface area (Å²) in [6, 6.07) is 0. The van der Waals surface area contributed by atoms with Gasteiger partial charge in [0, 0.05) is 6.42 Å². The van der Waals surface area contributed by atoms with Crippen molar-refractivity contribution in [2.24, 2.45) is 5.41 Å². The summed E-state index contributed by atoms with van der Waals surface area (Å²) in [5.41, 5.74) is -0.558. The van der Waals surface area contributed by atoms with Crippen molar-refractivity contribution in [1.29, 1.82) is 0 Å². The zero-order valence-corrected chi connectivity index (χ0v) is 10.2. The van der Waals surface area contributed by atoms with Crippen molar-refractivity contribution in [2.75, 3.05) is 5.33 Å². The molecule has 0 amide bonds. The molecule has 1 fully saturated rings. The highest BCUT2D eigenvalue weighted by molar-refractivity contribution is 9.09. The van der Waals surface area contributed by atoms with Gasteiger partial charge in [0.1, 0.15) is 5.78 Å². The third-order valence-electron chi connectivity index (χ3n) is 2.95. The summed E-state index contributed by atoms with van der Waals surface area (Å²) < 4.78 is 0. The second kappa shape index (κ2) is 5.06. The van der Waals surface area contributed by atoms with Crippen LogP contribution in [-0.2, 0) is 9.59 Å². The minimum Gasteiger partial charge on any atom is -0.299 e. The number of alkyl halides is 1. The van der Waals surface area contributed by atoms with Crippen LogP contribution < -0.4 is 0 Å². The van der Waals surface area contributed by atoms with Gasteiger partial charge in [-0.05, 0) is 19.3 Å². The summed E-state index contributed by atoms with van der Waals surface area (Å²) in [5.74, 6) is 0.259. The lowest BCUT2D eigenvalue weighted by molar-refractivity contribution is -0.133. The van der Waals surface area contributed by atoms with Crippen LogP contribution in [0.4, 0.5) is 0 Å². The van der Waals surface area contributed by atoms with Crippen LogP contribution in [0.1, 0.15) is 45.4 Å². The van der Waals surface area contributed by atoms with Crippen molar-refractivity contribution in [3.8, 4) is 0 Å². The van der Waals surface area contributed by atoms with Gasteiger partial charge in [0.15, 0.2) is 5.78 Å². The first kappa shape index (κ1) is 11.9. The zero-order chi connectivity index (χ0) is 10.6. The van der Waals surface area contributed by atoms with Gasteiger partial charge in [-0.25, -0.2) is 0 Å². The SMILES string of the molecule is CCCCCC(=O)C1(C(=O)CBr)CC1. The molecule has 3 heteroatoms.